The van der Waals surface area contributed by atoms with E-state index in [0.29, 0.717) is 13.2 Å². The van der Waals surface area contributed by atoms with Gasteiger partial charge in [-0.15, -0.1) is 0 Å². The molecule has 0 saturated carbocycles. The van der Waals surface area contributed by atoms with Gasteiger partial charge in [-0.25, -0.2) is 4.57 Å². The summed E-state index contributed by atoms with van der Waals surface area (Å²) in [6.07, 6.45) is 28.7. The molecule has 0 aromatic rings. The number of hydrogen-bond donors (Lipinski definition) is 1. The molecule has 0 aromatic heterocycles. The number of nitrogens with zero attached hydrogens (tertiary/aromatic N) is 1. The highest BCUT2D eigenvalue weighted by atomic mass is 31.2. The fourth-order valence-electron chi connectivity index (χ4n) is 4.81. The van der Waals surface area contributed by atoms with E-state index in [-0.39, 0.29) is 0 Å². The van der Waals surface area contributed by atoms with Crippen LogP contribution in [0.2, 0.25) is 0 Å². The van der Waals surface area contributed by atoms with E-state index >= 15 is 0 Å². The van der Waals surface area contributed by atoms with Gasteiger partial charge in [0, 0.05) is 0 Å². The van der Waals surface area contributed by atoms with Crippen LogP contribution in [0.3, 0.4) is 0 Å². The summed E-state index contributed by atoms with van der Waals surface area (Å²) < 4.78 is 22.4. The zero-order chi connectivity index (χ0) is 27.3. The lowest BCUT2D eigenvalue weighted by Gasteiger charge is -2.22. The van der Waals surface area contributed by atoms with Crippen LogP contribution >= 0.6 is 7.82 Å². The van der Waals surface area contributed by atoms with Gasteiger partial charge in [0.15, 0.2) is 0 Å². The third-order valence-corrected chi connectivity index (χ3v) is 8.30. The highest BCUT2D eigenvalue weighted by Crippen LogP contribution is 2.43. The minimum atomic E-state index is -3.88. The smallest absolute Gasteiger partial charge is 0.303 e. The average molecular weight is 548 g/mol. The standard InChI is InChI=1S/C31H66NO4P/c1-4-7-10-13-16-20-25-30-35-37(33,34)36-31-26-21-19-24-29-32(27-22-17-14-11-8-5-2)28-23-18-15-12-9-6-3/h4-31H2,1-3H3,(H,33,34). The van der Waals surface area contributed by atoms with Gasteiger partial charge in [-0.05, 0) is 51.7 Å². The lowest BCUT2D eigenvalue weighted by molar-refractivity contribution is 0.145. The van der Waals surface area contributed by atoms with E-state index in [9.17, 15) is 9.46 Å². The van der Waals surface area contributed by atoms with E-state index in [1.165, 1.54) is 135 Å². The first-order chi connectivity index (χ1) is 18.1. The highest BCUT2D eigenvalue weighted by molar-refractivity contribution is 7.47. The van der Waals surface area contributed by atoms with Gasteiger partial charge >= 0.3 is 7.82 Å². The normalized spacial score (nSPS) is 13.4. The van der Waals surface area contributed by atoms with Crippen LogP contribution in [0.5, 0.6) is 0 Å². The molecule has 0 bridgehead atoms. The fourth-order valence-corrected chi connectivity index (χ4v) is 5.61. The molecule has 0 fully saturated rings. The second-order valence-corrected chi connectivity index (χ2v) is 12.5. The Balaban J connectivity index is 3.88. The molecule has 0 aromatic carbocycles. The fraction of sp³-hybridized carbons (Fsp3) is 1.00. The van der Waals surface area contributed by atoms with E-state index in [2.05, 4.69) is 25.7 Å². The minimum absolute atomic E-state index is 0.310. The Morgan fingerprint density at radius 2 is 0.730 bits per heavy atom. The van der Waals surface area contributed by atoms with Crippen molar-refractivity contribution in [3.05, 3.63) is 0 Å². The monoisotopic (exact) mass is 547 g/mol. The van der Waals surface area contributed by atoms with Crippen LogP contribution in [0.1, 0.15) is 168 Å². The quantitative estimate of drug-likeness (QED) is 0.0691. The van der Waals surface area contributed by atoms with E-state index in [4.69, 9.17) is 9.05 Å². The summed E-state index contributed by atoms with van der Waals surface area (Å²) in [6.45, 7) is 11.1. The molecule has 0 aliphatic rings. The van der Waals surface area contributed by atoms with Crippen molar-refractivity contribution in [1.82, 2.24) is 4.90 Å². The predicted octanol–water partition coefficient (Wildman–Crippen LogP) is 10.5. The summed E-state index contributed by atoms with van der Waals surface area (Å²) in [7, 11) is -3.88. The Labute approximate surface area is 232 Å². The molecule has 0 aliphatic heterocycles. The van der Waals surface area contributed by atoms with Crippen molar-refractivity contribution in [3.63, 3.8) is 0 Å². The first-order valence-corrected chi connectivity index (χ1v) is 17.9. The molecular weight excluding hydrogens is 481 g/mol. The third kappa shape index (κ3) is 28.9. The average Bonchev–Trinajstić information content (AvgIpc) is 2.88. The van der Waals surface area contributed by atoms with Crippen molar-refractivity contribution in [2.45, 2.75) is 168 Å². The van der Waals surface area contributed by atoms with Crippen LogP contribution in [0.4, 0.5) is 0 Å². The van der Waals surface area contributed by atoms with Crippen LogP contribution in [-0.4, -0.2) is 42.6 Å². The highest BCUT2D eigenvalue weighted by Gasteiger charge is 2.20. The van der Waals surface area contributed by atoms with Gasteiger partial charge in [-0.3, -0.25) is 9.05 Å². The largest absolute Gasteiger partial charge is 0.472 e. The lowest BCUT2D eigenvalue weighted by Crippen LogP contribution is -2.27. The van der Waals surface area contributed by atoms with Crippen molar-refractivity contribution in [3.8, 4) is 0 Å². The van der Waals surface area contributed by atoms with Gasteiger partial charge in [-0.2, -0.15) is 0 Å². The molecule has 6 heteroatoms. The molecule has 5 nitrogen and oxygen atoms in total. The van der Waals surface area contributed by atoms with E-state index < -0.39 is 7.82 Å². The molecule has 0 spiro atoms. The number of rotatable bonds is 31. The zero-order valence-electron chi connectivity index (χ0n) is 25.4. The number of phosphoric acid groups is 1. The van der Waals surface area contributed by atoms with Gasteiger partial charge in [0.2, 0.25) is 0 Å². The SMILES string of the molecule is CCCCCCCCCOP(=O)(O)OCCCCCCN(CCCCCCCC)CCCCCCCC. The molecule has 1 N–H and O–H groups in total. The Morgan fingerprint density at radius 1 is 0.459 bits per heavy atom. The first kappa shape index (κ1) is 37.1. The summed E-state index contributed by atoms with van der Waals surface area (Å²) >= 11 is 0. The Hall–Kier alpha value is 0.0700. The van der Waals surface area contributed by atoms with Crippen LogP contribution in [0.15, 0.2) is 0 Å². The van der Waals surface area contributed by atoms with Crippen molar-refractivity contribution in [2.24, 2.45) is 0 Å². The third-order valence-electron chi connectivity index (χ3n) is 7.28. The van der Waals surface area contributed by atoms with Crippen LogP contribution in [0.25, 0.3) is 0 Å². The molecule has 0 radical (unpaired) electrons. The molecule has 0 saturated heterocycles. The van der Waals surface area contributed by atoms with Gasteiger partial charge in [0.05, 0.1) is 13.2 Å². The van der Waals surface area contributed by atoms with E-state index in [0.717, 1.165) is 32.1 Å². The van der Waals surface area contributed by atoms with Gasteiger partial charge in [0.25, 0.3) is 0 Å². The molecule has 0 rings (SSSR count). The van der Waals surface area contributed by atoms with E-state index in [1.807, 2.05) is 0 Å². The molecular formula is C31H66NO4P. The van der Waals surface area contributed by atoms with Gasteiger partial charge in [0.1, 0.15) is 0 Å². The maximum atomic E-state index is 12.0. The number of phosphoric ester groups is 1. The number of hydrogen-bond acceptors (Lipinski definition) is 4. The predicted molar refractivity (Wildman–Crippen MR) is 161 cm³/mol. The minimum Gasteiger partial charge on any atom is -0.303 e. The molecule has 0 aliphatic carbocycles. The Bertz CT molecular complexity index is 476. The van der Waals surface area contributed by atoms with Crippen molar-refractivity contribution in [2.75, 3.05) is 32.8 Å². The Morgan fingerprint density at radius 3 is 1.05 bits per heavy atom. The topological polar surface area (TPSA) is 59.0 Å². The second-order valence-electron chi connectivity index (χ2n) is 11.0. The van der Waals surface area contributed by atoms with Crippen molar-refractivity contribution < 1.29 is 18.5 Å². The summed E-state index contributed by atoms with van der Waals surface area (Å²) in [5.41, 5.74) is 0. The maximum Gasteiger partial charge on any atom is 0.472 e. The van der Waals surface area contributed by atoms with Crippen LogP contribution in [0, 0.1) is 0 Å². The zero-order valence-corrected chi connectivity index (χ0v) is 26.3. The first-order valence-electron chi connectivity index (χ1n) is 16.4. The van der Waals surface area contributed by atoms with Crippen LogP contribution < -0.4 is 0 Å². The summed E-state index contributed by atoms with van der Waals surface area (Å²) in [5.74, 6) is 0. The molecule has 37 heavy (non-hydrogen) atoms. The molecule has 0 amide bonds. The van der Waals surface area contributed by atoms with E-state index in [1.54, 1.807) is 0 Å². The van der Waals surface area contributed by atoms with Crippen LogP contribution in [-0.2, 0) is 13.6 Å². The van der Waals surface area contributed by atoms with Gasteiger partial charge < -0.3 is 9.79 Å². The van der Waals surface area contributed by atoms with Crippen molar-refractivity contribution >= 4 is 7.82 Å². The molecule has 1 unspecified atom stereocenters. The Kier molecular flexibility index (Phi) is 29.1. The summed E-state index contributed by atoms with van der Waals surface area (Å²) in [5, 5.41) is 0. The number of unbranched alkanes of at least 4 members (excludes halogenated alkanes) is 19. The lowest BCUT2D eigenvalue weighted by atomic mass is 10.1. The molecule has 0 heterocycles. The molecule has 1 atom stereocenters. The summed E-state index contributed by atoms with van der Waals surface area (Å²) in [6, 6.07) is 0. The maximum absolute atomic E-state index is 12.0. The van der Waals surface area contributed by atoms with Crippen molar-refractivity contribution in [1.29, 1.82) is 0 Å². The molecule has 224 valence electrons. The summed E-state index contributed by atoms with van der Waals surface area (Å²) in [4.78, 5) is 12.6. The van der Waals surface area contributed by atoms with Gasteiger partial charge in [-0.1, -0.05) is 136 Å². The second kappa shape index (κ2) is 29.1.